The van der Waals surface area contributed by atoms with Crippen LogP contribution in [0.2, 0.25) is 0 Å². The van der Waals surface area contributed by atoms with Gasteiger partial charge in [0.15, 0.2) is 0 Å². The summed E-state index contributed by atoms with van der Waals surface area (Å²) in [6.45, 7) is 2.39. The molecule has 5 nitrogen and oxygen atoms in total. The number of para-hydroxylation sites is 1. The highest BCUT2D eigenvalue weighted by Gasteiger charge is 2.41. The van der Waals surface area contributed by atoms with E-state index in [-0.39, 0.29) is 6.61 Å². The average molecular weight is 284 g/mol. The zero-order valence-corrected chi connectivity index (χ0v) is 12.0. The SMILES string of the molecule is OCC1CC2CCN1CC2c1cn(-c2ccccc2)nn1. The summed E-state index contributed by atoms with van der Waals surface area (Å²) >= 11 is 0. The van der Waals surface area contributed by atoms with Gasteiger partial charge in [-0.15, -0.1) is 5.10 Å². The third-order valence-corrected chi connectivity index (χ3v) is 5.00. The monoisotopic (exact) mass is 284 g/mol. The second-order valence-electron chi connectivity index (χ2n) is 6.15. The van der Waals surface area contributed by atoms with Gasteiger partial charge in [-0.1, -0.05) is 23.4 Å². The second-order valence-corrected chi connectivity index (χ2v) is 6.15. The fraction of sp³-hybridized carbons (Fsp3) is 0.500. The number of nitrogens with zero attached hydrogens (tertiary/aromatic N) is 4. The molecule has 2 aromatic rings. The average Bonchev–Trinajstić information content (AvgIpc) is 3.06. The highest BCUT2D eigenvalue weighted by Crippen LogP contribution is 2.41. The molecule has 3 aliphatic heterocycles. The Balaban J connectivity index is 1.57. The van der Waals surface area contributed by atoms with E-state index in [1.165, 1.54) is 6.42 Å². The molecule has 0 aliphatic carbocycles. The van der Waals surface area contributed by atoms with Gasteiger partial charge >= 0.3 is 0 Å². The van der Waals surface area contributed by atoms with Crippen molar-refractivity contribution < 1.29 is 5.11 Å². The number of aromatic nitrogens is 3. The van der Waals surface area contributed by atoms with Gasteiger partial charge in [-0.05, 0) is 37.4 Å². The normalized spacial score (nSPS) is 31.5. The molecule has 4 heterocycles. The first-order valence-electron chi connectivity index (χ1n) is 7.67. The lowest BCUT2D eigenvalue weighted by molar-refractivity contribution is 0.00184. The minimum atomic E-state index is 0.278. The second kappa shape index (κ2) is 5.24. The smallest absolute Gasteiger partial charge is 0.0878 e. The van der Waals surface area contributed by atoms with Crippen LogP contribution >= 0.6 is 0 Å². The topological polar surface area (TPSA) is 54.2 Å². The molecule has 5 heteroatoms. The van der Waals surface area contributed by atoms with Crippen molar-refractivity contribution in [3.63, 3.8) is 0 Å². The van der Waals surface area contributed by atoms with Gasteiger partial charge < -0.3 is 5.11 Å². The van der Waals surface area contributed by atoms with Crippen LogP contribution in [0.5, 0.6) is 0 Å². The van der Waals surface area contributed by atoms with Crippen LogP contribution in [0.1, 0.15) is 24.5 Å². The molecule has 3 saturated heterocycles. The Hall–Kier alpha value is -1.72. The number of hydrogen-bond acceptors (Lipinski definition) is 4. The standard InChI is InChI=1S/C16H20N4O/c21-11-14-8-12-6-7-19(14)9-15(12)16-10-20(18-17-16)13-4-2-1-3-5-13/h1-5,10,12,14-15,21H,6-9,11H2. The Morgan fingerprint density at radius 3 is 2.81 bits per heavy atom. The quantitative estimate of drug-likeness (QED) is 0.926. The van der Waals surface area contributed by atoms with Crippen molar-refractivity contribution in [2.45, 2.75) is 24.8 Å². The van der Waals surface area contributed by atoms with E-state index >= 15 is 0 Å². The number of aliphatic hydroxyl groups excluding tert-OH is 1. The first-order valence-corrected chi connectivity index (χ1v) is 7.67. The maximum atomic E-state index is 9.45. The summed E-state index contributed by atoms with van der Waals surface area (Å²) in [4.78, 5) is 2.41. The van der Waals surface area contributed by atoms with Crippen molar-refractivity contribution in [3.05, 3.63) is 42.2 Å². The summed E-state index contributed by atoms with van der Waals surface area (Å²) in [6.07, 6.45) is 4.36. The number of piperidine rings is 3. The third-order valence-electron chi connectivity index (χ3n) is 5.00. The van der Waals surface area contributed by atoms with Crippen LogP contribution in [0.15, 0.2) is 36.5 Å². The molecule has 21 heavy (non-hydrogen) atoms. The molecular weight excluding hydrogens is 264 g/mol. The summed E-state index contributed by atoms with van der Waals surface area (Å²) in [5.74, 6) is 1.09. The number of aliphatic hydroxyl groups is 1. The highest BCUT2D eigenvalue weighted by atomic mass is 16.3. The van der Waals surface area contributed by atoms with Gasteiger partial charge in [0.1, 0.15) is 0 Å². The molecule has 0 saturated carbocycles. The van der Waals surface area contributed by atoms with E-state index in [1.807, 2.05) is 35.0 Å². The third kappa shape index (κ3) is 2.26. The van der Waals surface area contributed by atoms with Crippen LogP contribution in [-0.4, -0.2) is 50.7 Å². The maximum absolute atomic E-state index is 9.45. The van der Waals surface area contributed by atoms with E-state index in [2.05, 4.69) is 21.4 Å². The predicted octanol–water partition coefficient (Wildman–Crippen LogP) is 1.44. The molecule has 4 atom stereocenters. The molecule has 110 valence electrons. The fourth-order valence-corrected chi connectivity index (χ4v) is 3.82. The molecule has 0 spiro atoms. The Kier molecular flexibility index (Phi) is 3.24. The minimum Gasteiger partial charge on any atom is -0.395 e. The number of rotatable bonds is 3. The molecular formula is C16H20N4O. The minimum absolute atomic E-state index is 0.278. The Bertz CT molecular complexity index is 612. The Morgan fingerprint density at radius 1 is 1.24 bits per heavy atom. The van der Waals surface area contributed by atoms with Gasteiger partial charge in [0, 0.05) is 18.5 Å². The van der Waals surface area contributed by atoms with Crippen LogP contribution in [0.25, 0.3) is 5.69 Å². The first kappa shape index (κ1) is 13.0. The molecule has 0 amide bonds. The fourth-order valence-electron chi connectivity index (χ4n) is 3.82. The van der Waals surface area contributed by atoms with Crippen LogP contribution < -0.4 is 0 Å². The lowest BCUT2D eigenvalue weighted by atomic mass is 9.74. The molecule has 3 aliphatic rings. The van der Waals surface area contributed by atoms with Crippen molar-refractivity contribution in [1.29, 1.82) is 0 Å². The number of benzene rings is 1. The summed E-state index contributed by atoms with van der Waals surface area (Å²) < 4.78 is 1.86. The van der Waals surface area contributed by atoms with Crippen LogP contribution in [0, 0.1) is 5.92 Å². The molecule has 1 aromatic heterocycles. The summed E-state index contributed by atoms with van der Waals surface area (Å²) in [5.41, 5.74) is 2.13. The maximum Gasteiger partial charge on any atom is 0.0878 e. The molecule has 1 aromatic carbocycles. The lowest BCUT2D eigenvalue weighted by Gasteiger charge is -2.48. The van der Waals surface area contributed by atoms with E-state index in [9.17, 15) is 5.11 Å². The largest absolute Gasteiger partial charge is 0.395 e. The van der Waals surface area contributed by atoms with Gasteiger partial charge in [-0.25, -0.2) is 4.68 Å². The van der Waals surface area contributed by atoms with E-state index in [4.69, 9.17) is 0 Å². The van der Waals surface area contributed by atoms with E-state index in [0.717, 1.165) is 30.9 Å². The van der Waals surface area contributed by atoms with Gasteiger partial charge in [0.25, 0.3) is 0 Å². The van der Waals surface area contributed by atoms with E-state index < -0.39 is 0 Å². The number of fused-ring (bicyclic) bond motifs is 3. The molecule has 1 N–H and O–H groups in total. The first-order chi connectivity index (χ1) is 10.3. The molecule has 4 unspecified atom stereocenters. The van der Waals surface area contributed by atoms with Crippen molar-refractivity contribution in [3.8, 4) is 5.69 Å². The molecule has 0 radical (unpaired) electrons. The Morgan fingerprint density at radius 2 is 2.10 bits per heavy atom. The van der Waals surface area contributed by atoms with Crippen molar-refractivity contribution in [1.82, 2.24) is 19.9 Å². The molecule has 3 fully saturated rings. The van der Waals surface area contributed by atoms with Gasteiger partial charge in [0.05, 0.1) is 24.2 Å². The Labute approximate surface area is 124 Å². The summed E-state index contributed by atoms with van der Waals surface area (Å²) in [6, 6.07) is 10.5. The van der Waals surface area contributed by atoms with Crippen LogP contribution in [0.4, 0.5) is 0 Å². The zero-order chi connectivity index (χ0) is 14.2. The zero-order valence-electron chi connectivity index (χ0n) is 12.0. The van der Waals surface area contributed by atoms with Crippen LogP contribution in [-0.2, 0) is 0 Å². The van der Waals surface area contributed by atoms with Crippen LogP contribution in [0.3, 0.4) is 0 Å². The molecule has 2 bridgehead atoms. The van der Waals surface area contributed by atoms with Gasteiger partial charge in [-0.3, -0.25) is 4.90 Å². The van der Waals surface area contributed by atoms with Gasteiger partial charge in [0.2, 0.25) is 0 Å². The van der Waals surface area contributed by atoms with E-state index in [0.29, 0.717) is 17.9 Å². The van der Waals surface area contributed by atoms with Crippen molar-refractivity contribution >= 4 is 0 Å². The highest BCUT2D eigenvalue weighted by molar-refractivity contribution is 5.30. The summed E-state index contributed by atoms with van der Waals surface area (Å²) in [7, 11) is 0. The van der Waals surface area contributed by atoms with Gasteiger partial charge in [-0.2, -0.15) is 0 Å². The lowest BCUT2D eigenvalue weighted by Crippen LogP contribution is -2.53. The predicted molar refractivity (Wildman–Crippen MR) is 79.3 cm³/mol. The van der Waals surface area contributed by atoms with Crippen molar-refractivity contribution in [2.75, 3.05) is 19.7 Å². The summed E-state index contributed by atoms with van der Waals surface area (Å²) in [5, 5.41) is 18.1. The number of hydrogen-bond donors (Lipinski definition) is 1. The van der Waals surface area contributed by atoms with E-state index in [1.54, 1.807) is 0 Å². The van der Waals surface area contributed by atoms with Crippen molar-refractivity contribution in [2.24, 2.45) is 5.92 Å². The molecule has 5 rings (SSSR count).